The molecule has 0 bridgehead atoms. The van der Waals surface area contributed by atoms with E-state index in [2.05, 4.69) is 11.1 Å². The molecule has 0 spiro atoms. The largest absolute Gasteiger partial charge is 0.464 e. The number of unbranched alkanes of at least 4 members (excludes halogenated alkanes) is 1. The Hall–Kier alpha value is -2.11. The Morgan fingerprint density at radius 2 is 1.89 bits per heavy atom. The molecule has 28 heavy (non-hydrogen) atoms. The summed E-state index contributed by atoms with van der Waals surface area (Å²) in [7, 11) is 0. The third-order valence-electron chi connectivity index (χ3n) is 5.66. The summed E-state index contributed by atoms with van der Waals surface area (Å²) in [4.78, 5) is 30.9. The van der Waals surface area contributed by atoms with Crippen molar-refractivity contribution in [2.75, 3.05) is 13.2 Å². The number of rotatable bonds is 7. The van der Waals surface area contributed by atoms with Crippen LogP contribution in [0.25, 0.3) is 0 Å². The fraction of sp³-hybridized carbons (Fsp3) is 0.682. The van der Waals surface area contributed by atoms with Gasteiger partial charge in [-0.2, -0.15) is 0 Å². The summed E-state index contributed by atoms with van der Waals surface area (Å²) >= 11 is 0. The number of ether oxygens (including phenoxy) is 2. The van der Waals surface area contributed by atoms with Crippen LogP contribution in [0.1, 0.15) is 69.8 Å². The van der Waals surface area contributed by atoms with Crippen molar-refractivity contribution in [3.05, 3.63) is 30.1 Å². The third-order valence-corrected chi connectivity index (χ3v) is 5.66. The molecule has 1 saturated carbocycles. The van der Waals surface area contributed by atoms with Gasteiger partial charge in [-0.05, 0) is 75.8 Å². The molecule has 2 heterocycles. The quantitative estimate of drug-likeness (QED) is 0.515. The molecule has 2 aliphatic rings. The lowest BCUT2D eigenvalue weighted by Crippen LogP contribution is -2.49. The Morgan fingerprint density at radius 1 is 1.07 bits per heavy atom. The van der Waals surface area contributed by atoms with E-state index < -0.39 is 6.04 Å². The van der Waals surface area contributed by atoms with Gasteiger partial charge in [-0.25, -0.2) is 9.59 Å². The molecule has 3 rings (SSSR count). The van der Waals surface area contributed by atoms with Gasteiger partial charge < -0.3 is 9.47 Å². The molecule has 0 N–H and O–H groups in total. The Kier molecular flexibility index (Phi) is 8.12. The smallest absolute Gasteiger partial charge is 0.410 e. The number of carbonyl (C=O) groups excluding carboxylic acids is 2. The van der Waals surface area contributed by atoms with Crippen LogP contribution in [0.2, 0.25) is 0 Å². The van der Waals surface area contributed by atoms with Crippen molar-refractivity contribution >= 4 is 12.1 Å². The van der Waals surface area contributed by atoms with E-state index in [1.807, 2.05) is 12.3 Å². The van der Waals surface area contributed by atoms with Crippen LogP contribution in [0.4, 0.5) is 4.79 Å². The Morgan fingerprint density at radius 3 is 2.68 bits per heavy atom. The summed E-state index contributed by atoms with van der Waals surface area (Å²) < 4.78 is 11.2. The summed E-state index contributed by atoms with van der Waals surface area (Å²) in [6, 6.07) is 3.49. The topological polar surface area (TPSA) is 68.7 Å². The van der Waals surface area contributed by atoms with Gasteiger partial charge in [0.2, 0.25) is 0 Å². The maximum Gasteiger partial charge on any atom is 0.410 e. The molecular weight excluding hydrogens is 356 g/mol. The highest BCUT2D eigenvalue weighted by Gasteiger charge is 2.35. The normalized spacial score (nSPS) is 20.6. The van der Waals surface area contributed by atoms with Crippen molar-refractivity contribution in [2.45, 2.75) is 82.8 Å². The van der Waals surface area contributed by atoms with Gasteiger partial charge in [0.15, 0.2) is 0 Å². The van der Waals surface area contributed by atoms with E-state index in [1.165, 1.54) is 12.0 Å². The van der Waals surface area contributed by atoms with Crippen LogP contribution < -0.4 is 0 Å². The third kappa shape index (κ3) is 6.21. The number of aromatic nitrogens is 1. The highest BCUT2D eigenvalue weighted by Crippen LogP contribution is 2.24. The molecule has 1 atom stereocenters. The lowest BCUT2D eigenvalue weighted by Gasteiger charge is -2.34. The summed E-state index contributed by atoms with van der Waals surface area (Å²) in [5, 5.41) is 0. The zero-order chi connectivity index (χ0) is 19.6. The fourth-order valence-electron chi connectivity index (χ4n) is 4.03. The summed E-state index contributed by atoms with van der Waals surface area (Å²) in [5.74, 6) is -0.290. The van der Waals surface area contributed by atoms with Crippen LogP contribution in [0.15, 0.2) is 24.5 Å². The number of likely N-dealkylation sites (tertiary alicyclic amines) is 1. The lowest BCUT2D eigenvalue weighted by molar-refractivity contribution is -0.151. The number of amides is 1. The second kappa shape index (κ2) is 11.0. The predicted octanol–water partition coefficient (Wildman–Crippen LogP) is 4.27. The zero-order valence-corrected chi connectivity index (χ0v) is 16.7. The molecule has 1 aliphatic heterocycles. The number of esters is 1. The minimum Gasteiger partial charge on any atom is -0.464 e. The van der Waals surface area contributed by atoms with E-state index in [1.54, 1.807) is 11.1 Å². The number of pyridine rings is 1. The van der Waals surface area contributed by atoms with Gasteiger partial charge in [0.1, 0.15) is 12.1 Å². The van der Waals surface area contributed by atoms with E-state index in [4.69, 9.17) is 9.47 Å². The van der Waals surface area contributed by atoms with Gasteiger partial charge in [0, 0.05) is 18.9 Å². The number of hydrogen-bond acceptors (Lipinski definition) is 5. The highest BCUT2D eigenvalue weighted by atomic mass is 16.6. The Balaban J connectivity index is 1.40. The molecular formula is C22H32N2O4. The first-order chi connectivity index (χ1) is 13.7. The minimum atomic E-state index is -0.497. The molecule has 0 radical (unpaired) electrons. The number of hydrogen-bond donors (Lipinski definition) is 0. The highest BCUT2D eigenvalue weighted by molar-refractivity contribution is 5.81. The molecule has 6 nitrogen and oxygen atoms in total. The molecule has 6 heteroatoms. The number of aryl methyl sites for hydroxylation is 1. The molecule has 2 fully saturated rings. The first kappa shape index (κ1) is 20.6. The average molecular weight is 389 g/mol. The number of piperidine rings is 1. The first-order valence-electron chi connectivity index (χ1n) is 10.8. The molecule has 1 saturated heterocycles. The van der Waals surface area contributed by atoms with Crippen molar-refractivity contribution in [3.63, 3.8) is 0 Å². The van der Waals surface area contributed by atoms with Gasteiger partial charge in [0.25, 0.3) is 0 Å². The molecule has 0 unspecified atom stereocenters. The van der Waals surface area contributed by atoms with E-state index >= 15 is 0 Å². The van der Waals surface area contributed by atoms with Crippen LogP contribution in [0, 0.1) is 0 Å². The fourth-order valence-corrected chi connectivity index (χ4v) is 4.03. The van der Waals surface area contributed by atoms with Crippen molar-refractivity contribution < 1.29 is 19.1 Å². The van der Waals surface area contributed by atoms with Crippen LogP contribution in [0.3, 0.4) is 0 Å². The summed E-state index contributed by atoms with van der Waals surface area (Å²) in [6.07, 6.45) is 13.8. The van der Waals surface area contributed by atoms with Crippen molar-refractivity contribution in [1.82, 2.24) is 9.88 Å². The van der Waals surface area contributed by atoms with Gasteiger partial charge in [0.05, 0.1) is 6.61 Å². The van der Waals surface area contributed by atoms with Gasteiger partial charge in [-0.1, -0.05) is 12.5 Å². The summed E-state index contributed by atoms with van der Waals surface area (Å²) in [5.41, 5.74) is 1.19. The minimum absolute atomic E-state index is 0.00678. The van der Waals surface area contributed by atoms with Crippen LogP contribution in [-0.2, 0) is 20.7 Å². The first-order valence-corrected chi connectivity index (χ1v) is 10.8. The van der Waals surface area contributed by atoms with Crippen LogP contribution >= 0.6 is 0 Å². The molecule has 154 valence electrons. The van der Waals surface area contributed by atoms with Crippen molar-refractivity contribution in [2.24, 2.45) is 0 Å². The summed E-state index contributed by atoms with van der Waals surface area (Å²) in [6.45, 7) is 0.966. The van der Waals surface area contributed by atoms with E-state index in [9.17, 15) is 9.59 Å². The van der Waals surface area contributed by atoms with Crippen LogP contribution in [-0.4, -0.2) is 47.2 Å². The van der Waals surface area contributed by atoms with Crippen molar-refractivity contribution in [3.8, 4) is 0 Å². The zero-order valence-electron chi connectivity index (χ0n) is 16.7. The molecule has 1 aromatic rings. The maximum atomic E-state index is 12.6. The number of nitrogens with zero attached hydrogens (tertiary/aromatic N) is 2. The van der Waals surface area contributed by atoms with E-state index in [0.29, 0.717) is 19.6 Å². The van der Waals surface area contributed by atoms with Crippen LogP contribution in [0.5, 0.6) is 0 Å². The van der Waals surface area contributed by atoms with E-state index in [-0.39, 0.29) is 18.2 Å². The molecule has 1 aromatic heterocycles. The molecule has 1 aliphatic carbocycles. The second-order valence-electron chi connectivity index (χ2n) is 7.83. The molecule has 1 amide bonds. The Bertz CT molecular complexity index is 616. The second-order valence-corrected chi connectivity index (χ2v) is 7.83. The number of carbonyl (C=O) groups is 2. The lowest BCUT2D eigenvalue weighted by atomic mass is 9.98. The maximum absolute atomic E-state index is 12.6. The van der Waals surface area contributed by atoms with Gasteiger partial charge in [-0.3, -0.25) is 9.88 Å². The predicted molar refractivity (Wildman–Crippen MR) is 106 cm³/mol. The standard InChI is InChI=1S/C22H32N2O4/c25-21(27-16-7-5-9-18-10-8-14-23-17-18)20-13-4-6-15-24(20)22(26)28-19-11-2-1-3-12-19/h8,10,14,17,19-20H,1-7,9,11-13,15-16H2/t20-/m0/s1. The molecule has 0 aromatic carbocycles. The van der Waals surface area contributed by atoms with E-state index in [0.717, 1.165) is 57.8 Å². The Labute approximate surface area is 167 Å². The van der Waals surface area contributed by atoms with Gasteiger partial charge >= 0.3 is 12.1 Å². The average Bonchev–Trinajstić information content (AvgIpc) is 2.75. The van der Waals surface area contributed by atoms with Gasteiger partial charge in [-0.15, -0.1) is 0 Å². The SMILES string of the molecule is O=C(OCCCCc1cccnc1)[C@@H]1CCCCN1C(=O)OC1CCCCC1. The van der Waals surface area contributed by atoms with Crippen molar-refractivity contribution in [1.29, 1.82) is 0 Å². The monoisotopic (exact) mass is 388 g/mol.